The SMILES string of the molecule is CN(C)Cc1ccc(N2CCN(C(=O)c3cc4sccc4[nH]3)CC2)nc1. The molecule has 1 aliphatic rings. The number of carbonyl (C=O) groups excluding carboxylic acids is 1. The number of rotatable bonds is 4. The number of nitrogens with zero attached hydrogens (tertiary/aromatic N) is 4. The summed E-state index contributed by atoms with van der Waals surface area (Å²) in [5.74, 6) is 1.07. The Morgan fingerprint density at radius 2 is 2.04 bits per heavy atom. The summed E-state index contributed by atoms with van der Waals surface area (Å²) in [5, 5.41) is 2.03. The van der Waals surface area contributed by atoms with E-state index >= 15 is 0 Å². The van der Waals surface area contributed by atoms with Crippen molar-refractivity contribution >= 4 is 33.3 Å². The number of nitrogens with one attached hydrogen (secondary N) is 1. The first-order valence-electron chi connectivity index (χ1n) is 8.80. The van der Waals surface area contributed by atoms with E-state index < -0.39 is 0 Å². The van der Waals surface area contributed by atoms with Crippen LogP contribution in [0.5, 0.6) is 0 Å². The van der Waals surface area contributed by atoms with Gasteiger partial charge in [-0.2, -0.15) is 0 Å². The molecule has 1 fully saturated rings. The predicted octanol–water partition coefficient (Wildman–Crippen LogP) is 2.65. The molecule has 26 heavy (non-hydrogen) atoms. The van der Waals surface area contributed by atoms with Crippen LogP contribution in [-0.4, -0.2) is 65.9 Å². The summed E-state index contributed by atoms with van der Waals surface area (Å²) in [7, 11) is 4.11. The second kappa shape index (κ2) is 7.09. The van der Waals surface area contributed by atoms with Gasteiger partial charge in [-0.25, -0.2) is 4.98 Å². The third kappa shape index (κ3) is 3.45. The first-order valence-corrected chi connectivity index (χ1v) is 9.68. The quantitative estimate of drug-likeness (QED) is 0.768. The molecule has 0 aromatic carbocycles. The molecule has 1 saturated heterocycles. The third-order valence-electron chi connectivity index (χ3n) is 4.67. The summed E-state index contributed by atoms with van der Waals surface area (Å²) >= 11 is 1.65. The van der Waals surface area contributed by atoms with Gasteiger partial charge < -0.3 is 19.7 Å². The minimum absolute atomic E-state index is 0.0855. The van der Waals surface area contributed by atoms with E-state index in [1.54, 1.807) is 11.3 Å². The average molecular weight is 369 g/mol. The van der Waals surface area contributed by atoms with Gasteiger partial charge in [0.25, 0.3) is 5.91 Å². The fourth-order valence-electron chi connectivity index (χ4n) is 3.33. The molecule has 1 N–H and O–H groups in total. The van der Waals surface area contributed by atoms with Gasteiger partial charge in [0.1, 0.15) is 11.5 Å². The summed E-state index contributed by atoms with van der Waals surface area (Å²) in [4.78, 5) is 26.8. The summed E-state index contributed by atoms with van der Waals surface area (Å²) < 4.78 is 1.13. The van der Waals surface area contributed by atoms with Crippen LogP contribution in [0.1, 0.15) is 16.1 Å². The number of aromatic amines is 1. The highest BCUT2D eigenvalue weighted by Crippen LogP contribution is 2.23. The Bertz CT molecular complexity index is 862. The number of pyridine rings is 1. The van der Waals surface area contributed by atoms with Crippen LogP contribution < -0.4 is 4.90 Å². The van der Waals surface area contributed by atoms with Gasteiger partial charge in [0.05, 0.1) is 10.2 Å². The van der Waals surface area contributed by atoms with Gasteiger partial charge in [-0.05, 0) is 43.2 Å². The third-order valence-corrected chi connectivity index (χ3v) is 5.53. The molecule has 0 radical (unpaired) electrons. The molecule has 1 aliphatic heterocycles. The summed E-state index contributed by atoms with van der Waals surface area (Å²) in [5.41, 5.74) is 2.93. The summed E-state index contributed by atoms with van der Waals surface area (Å²) in [6.45, 7) is 3.93. The number of H-pyrrole nitrogens is 1. The number of carbonyl (C=O) groups is 1. The molecular weight excluding hydrogens is 346 g/mol. The maximum Gasteiger partial charge on any atom is 0.270 e. The summed E-state index contributed by atoms with van der Waals surface area (Å²) in [6.07, 6.45) is 1.94. The highest BCUT2D eigenvalue weighted by molar-refractivity contribution is 7.17. The maximum absolute atomic E-state index is 12.7. The van der Waals surface area contributed by atoms with E-state index in [1.807, 2.05) is 28.6 Å². The first kappa shape index (κ1) is 17.1. The maximum atomic E-state index is 12.7. The van der Waals surface area contributed by atoms with Gasteiger partial charge in [0.2, 0.25) is 0 Å². The molecule has 0 saturated carbocycles. The number of aromatic nitrogens is 2. The van der Waals surface area contributed by atoms with Gasteiger partial charge >= 0.3 is 0 Å². The lowest BCUT2D eigenvalue weighted by atomic mass is 10.2. The van der Waals surface area contributed by atoms with Crippen LogP contribution >= 0.6 is 11.3 Å². The fraction of sp³-hybridized carbons (Fsp3) is 0.368. The number of piperazine rings is 1. The van der Waals surface area contributed by atoms with Gasteiger partial charge in [-0.3, -0.25) is 4.79 Å². The average Bonchev–Trinajstić information content (AvgIpc) is 3.23. The second-order valence-electron chi connectivity index (χ2n) is 6.92. The Hall–Kier alpha value is -2.38. The Balaban J connectivity index is 1.37. The van der Waals surface area contributed by atoms with E-state index in [4.69, 9.17) is 0 Å². The lowest BCUT2D eigenvalue weighted by molar-refractivity contribution is 0.0741. The van der Waals surface area contributed by atoms with Crippen LogP contribution in [0.2, 0.25) is 0 Å². The van der Waals surface area contributed by atoms with Crippen LogP contribution in [0, 0.1) is 0 Å². The zero-order valence-electron chi connectivity index (χ0n) is 15.1. The van der Waals surface area contributed by atoms with Crippen molar-refractivity contribution < 1.29 is 4.79 Å². The fourth-order valence-corrected chi connectivity index (χ4v) is 4.12. The molecule has 0 spiro atoms. The predicted molar refractivity (Wildman–Crippen MR) is 106 cm³/mol. The van der Waals surface area contributed by atoms with E-state index in [1.165, 1.54) is 5.56 Å². The van der Waals surface area contributed by atoms with E-state index in [0.717, 1.165) is 35.7 Å². The van der Waals surface area contributed by atoms with Gasteiger partial charge in [0, 0.05) is 38.9 Å². The van der Waals surface area contributed by atoms with Gasteiger partial charge in [0.15, 0.2) is 0 Å². The number of amides is 1. The minimum Gasteiger partial charge on any atom is -0.353 e. The molecule has 3 aromatic rings. The van der Waals surface area contributed by atoms with Crippen LogP contribution in [0.25, 0.3) is 10.2 Å². The van der Waals surface area contributed by atoms with Crippen molar-refractivity contribution in [3.63, 3.8) is 0 Å². The largest absolute Gasteiger partial charge is 0.353 e. The number of hydrogen-bond donors (Lipinski definition) is 1. The second-order valence-corrected chi connectivity index (χ2v) is 7.87. The van der Waals surface area contributed by atoms with E-state index in [9.17, 15) is 4.79 Å². The van der Waals surface area contributed by atoms with E-state index in [-0.39, 0.29) is 5.91 Å². The lowest BCUT2D eigenvalue weighted by Gasteiger charge is -2.35. The number of fused-ring (bicyclic) bond motifs is 1. The van der Waals surface area contributed by atoms with Crippen molar-refractivity contribution in [1.29, 1.82) is 0 Å². The van der Waals surface area contributed by atoms with Gasteiger partial charge in [-0.15, -0.1) is 11.3 Å². The van der Waals surface area contributed by atoms with Gasteiger partial charge in [-0.1, -0.05) is 6.07 Å². The topological polar surface area (TPSA) is 55.5 Å². The highest BCUT2D eigenvalue weighted by Gasteiger charge is 2.24. The van der Waals surface area contributed by atoms with Crippen LogP contribution in [0.4, 0.5) is 5.82 Å². The monoisotopic (exact) mass is 369 g/mol. The van der Waals surface area contributed by atoms with Crippen molar-refractivity contribution in [2.45, 2.75) is 6.54 Å². The molecule has 0 bridgehead atoms. The molecule has 0 atom stereocenters. The first-order chi connectivity index (χ1) is 12.6. The number of hydrogen-bond acceptors (Lipinski definition) is 5. The smallest absolute Gasteiger partial charge is 0.270 e. The van der Waals surface area contributed by atoms with Crippen LogP contribution in [0.15, 0.2) is 35.8 Å². The number of anilines is 1. The molecule has 1 amide bonds. The molecular formula is C19H23N5OS. The molecule has 4 heterocycles. The van der Waals surface area contributed by atoms with Crippen molar-refractivity contribution in [1.82, 2.24) is 19.8 Å². The molecule has 136 valence electrons. The standard InChI is InChI=1S/C19H23N5OS/c1-22(2)13-14-3-4-18(20-12-14)23-6-8-24(9-7-23)19(25)16-11-17-15(21-16)5-10-26-17/h3-5,10-12,21H,6-9,13H2,1-2H3. The van der Waals surface area contributed by atoms with E-state index in [2.05, 4.69) is 46.0 Å². The minimum atomic E-state index is 0.0855. The normalized spacial score (nSPS) is 15.2. The molecule has 6 nitrogen and oxygen atoms in total. The van der Waals surface area contributed by atoms with Crippen molar-refractivity contribution in [2.75, 3.05) is 45.2 Å². The zero-order chi connectivity index (χ0) is 18.1. The molecule has 0 unspecified atom stereocenters. The van der Waals surface area contributed by atoms with Crippen LogP contribution in [0.3, 0.4) is 0 Å². The van der Waals surface area contributed by atoms with Crippen molar-refractivity contribution in [3.05, 3.63) is 47.1 Å². The zero-order valence-corrected chi connectivity index (χ0v) is 15.9. The molecule has 7 heteroatoms. The highest BCUT2D eigenvalue weighted by atomic mass is 32.1. The van der Waals surface area contributed by atoms with Crippen LogP contribution in [-0.2, 0) is 6.54 Å². The Morgan fingerprint density at radius 1 is 1.23 bits per heavy atom. The van der Waals surface area contributed by atoms with Crippen molar-refractivity contribution in [2.24, 2.45) is 0 Å². The molecule has 3 aromatic heterocycles. The lowest BCUT2D eigenvalue weighted by Crippen LogP contribution is -2.49. The Morgan fingerprint density at radius 3 is 2.69 bits per heavy atom. The Kier molecular flexibility index (Phi) is 4.65. The summed E-state index contributed by atoms with van der Waals surface area (Å²) in [6, 6.07) is 8.18. The number of thiophene rings is 1. The Labute approximate surface area is 157 Å². The molecule has 0 aliphatic carbocycles. The van der Waals surface area contributed by atoms with Crippen molar-refractivity contribution in [3.8, 4) is 0 Å². The van der Waals surface area contributed by atoms with E-state index in [0.29, 0.717) is 18.8 Å². The molecule has 4 rings (SSSR count).